The van der Waals surface area contributed by atoms with Crippen LogP contribution in [0, 0.1) is 17.1 Å². The summed E-state index contributed by atoms with van der Waals surface area (Å²) in [6, 6.07) is 7.93. The Kier molecular flexibility index (Phi) is 6.19. The van der Waals surface area contributed by atoms with Gasteiger partial charge in [-0.3, -0.25) is 4.79 Å². The fourth-order valence-electron chi connectivity index (χ4n) is 3.61. The summed E-state index contributed by atoms with van der Waals surface area (Å²) in [7, 11) is 0. The summed E-state index contributed by atoms with van der Waals surface area (Å²) in [5.74, 6) is 0.139. The molecule has 1 aliphatic heterocycles. The predicted molar refractivity (Wildman–Crippen MR) is 105 cm³/mol. The number of aromatic nitrogens is 2. The van der Waals surface area contributed by atoms with Gasteiger partial charge in [0.25, 0.3) is 5.91 Å². The van der Waals surface area contributed by atoms with Gasteiger partial charge in [-0.05, 0) is 49.1 Å². The van der Waals surface area contributed by atoms with Crippen molar-refractivity contribution < 1.29 is 9.18 Å². The van der Waals surface area contributed by atoms with E-state index in [1.165, 1.54) is 24.3 Å². The van der Waals surface area contributed by atoms with Gasteiger partial charge in [-0.1, -0.05) is 13.8 Å². The second-order valence-corrected chi connectivity index (χ2v) is 6.78. The first-order valence-electron chi connectivity index (χ1n) is 9.67. The van der Waals surface area contributed by atoms with Gasteiger partial charge in [0.2, 0.25) is 0 Å². The Labute approximate surface area is 164 Å². The molecule has 0 spiro atoms. The highest BCUT2D eigenvalue weighted by Crippen LogP contribution is 2.24. The van der Waals surface area contributed by atoms with E-state index in [0.717, 1.165) is 30.5 Å². The average molecular weight is 381 g/mol. The van der Waals surface area contributed by atoms with E-state index in [9.17, 15) is 14.4 Å². The number of rotatable bonds is 4. The van der Waals surface area contributed by atoms with Crippen molar-refractivity contribution in [1.29, 1.82) is 5.26 Å². The monoisotopic (exact) mass is 381 g/mol. The number of anilines is 1. The smallest absolute Gasteiger partial charge is 0.253 e. The number of nitrogens with zero attached hydrogens (tertiary/aromatic N) is 5. The minimum absolute atomic E-state index is 0.107. The molecular weight excluding hydrogens is 357 g/mol. The van der Waals surface area contributed by atoms with E-state index in [1.807, 2.05) is 18.7 Å². The van der Waals surface area contributed by atoms with Crippen LogP contribution in [-0.2, 0) is 12.8 Å². The topological polar surface area (TPSA) is 73.1 Å². The van der Waals surface area contributed by atoms with Crippen molar-refractivity contribution in [3.05, 3.63) is 52.5 Å². The third-order valence-corrected chi connectivity index (χ3v) is 5.11. The summed E-state index contributed by atoms with van der Waals surface area (Å²) in [4.78, 5) is 16.5. The van der Waals surface area contributed by atoms with Gasteiger partial charge in [0.05, 0.1) is 5.69 Å². The Morgan fingerprint density at radius 3 is 2.50 bits per heavy atom. The van der Waals surface area contributed by atoms with E-state index >= 15 is 0 Å². The van der Waals surface area contributed by atoms with Crippen LogP contribution in [0.15, 0.2) is 24.3 Å². The molecule has 146 valence electrons. The van der Waals surface area contributed by atoms with Crippen molar-refractivity contribution >= 4 is 11.7 Å². The zero-order chi connectivity index (χ0) is 20.1. The fraction of sp³-hybridized carbons (Fsp3) is 0.429. The normalized spacial score (nSPS) is 14.5. The molecule has 0 N–H and O–H groups in total. The van der Waals surface area contributed by atoms with Crippen LogP contribution >= 0.6 is 0 Å². The molecule has 6 nitrogen and oxygen atoms in total. The lowest BCUT2D eigenvalue weighted by Crippen LogP contribution is -2.35. The van der Waals surface area contributed by atoms with Crippen LogP contribution in [0.1, 0.15) is 47.4 Å². The minimum atomic E-state index is -0.358. The van der Waals surface area contributed by atoms with Crippen LogP contribution in [-0.4, -0.2) is 47.2 Å². The molecule has 0 unspecified atom stereocenters. The summed E-state index contributed by atoms with van der Waals surface area (Å²) in [6.07, 6.45) is 2.24. The standard InChI is InChI=1S/C21H24FN5O/c1-3-17-18(14-23)20(25-24-19(17)4-2)26-10-5-11-27(13-12-26)21(28)15-6-8-16(22)9-7-15/h6-9H,3-5,10-13H2,1-2H3. The molecule has 2 aromatic rings. The van der Waals surface area contributed by atoms with E-state index in [-0.39, 0.29) is 11.7 Å². The van der Waals surface area contributed by atoms with Crippen LogP contribution in [0.2, 0.25) is 0 Å². The molecule has 0 atom stereocenters. The maximum atomic E-state index is 13.1. The zero-order valence-electron chi connectivity index (χ0n) is 16.3. The van der Waals surface area contributed by atoms with Crippen LogP contribution in [0.25, 0.3) is 0 Å². The molecule has 3 rings (SSSR count). The summed E-state index contributed by atoms with van der Waals surface area (Å²) in [6.45, 7) is 6.42. The highest BCUT2D eigenvalue weighted by molar-refractivity contribution is 5.94. The predicted octanol–water partition coefficient (Wildman–Crippen LogP) is 2.96. The molecule has 1 amide bonds. The number of benzene rings is 1. The average Bonchev–Trinajstić information content (AvgIpc) is 2.98. The van der Waals surface area contributed by atoms with Gasteiger partial charge >= 0.3 is 0 Å². The number of halogens is 1. The molecule has 2 heterocycles. The second-order valence-electron chi connectivity index (χ2n) is 6.78. The number of hydrogen-bond donors (Lipinski definition) is 0. The number of amides is 1. The van der Waals surface area contributed by atoms with Gasteiger partial charge in [0.1, 0.15) is 17.4 Å². The van der Waals surface area contributed by atoms with Crippen molar-refractivity contribution in [2.75, 3.05) is 31.1 Å². The molecule has 1 fully saturated rings. The Balaban J connectivity index is 1.80. The summed E-state index contributed by atoms with van der Waals surface area (Å²) in [5, 5.41) is 18.4. The highest BCUT2D eigenvalue weighted by atomic mass is 19.1. The zero-order valence-corrected chi connectivity index (χ0v) is 16.3. The lowest BCUT2D eigenvalue weighted by molar-refractivity contribution is 0.0767. The van der Waals surface area contributed by atoms with Gasteiger partial charge in [-0.2, -0.15) is 10.4 Å². The molecule has 28 heavy (non-hydrogen) atoms. The molecular formula is C21H24FN5O. The number of carbonyl (C=O) groups excluding carboxylic acids is 1. The number of aryl methyl sites for hydroxylation is 1. The van der Waals surface area contributed by atoms with E-state index in [0.29, 0.717) is 43.1 Å². The number of hydrogen-bond acceptors (Lipinski definition) is 5. The van der Waals surface area contributed by atoms with Gasteiger partial charge in [-0.15, -0.1) is 5.10 Å². The van der Waals surface area contributed by atoms with E-state index in [2.05, 4.69) is 16.3 Å². The number of nitriles is 1. The molecule has 0 saturated carbocycles. The van der Waals surface area contributed by atoms with E-state index < -0.39 is 0 Å². The minimum Gasteiger partial charge on any atom is -0.352 e. The third kappa shape index (κ3) is 3.96. The van der Waals surface area contributed by atoms with Crippen molar-refractivity contribution in [2.45, 2.75) is 33.1 Å². The van der Waals surface area contributed by atoms with Gasteiger partial charge in [-0.25, -0.2) is 4.39 Å². The molecule has 0 radical (unpaired) electrons. The molecule has 0 bridgehead atoms. The lowest BCUT2D eigenvalue weighted by atomic mass is 10.0. The third-order valence-electron chi connectivity index (χ3n) is 5.11. The first-order chi connectivity index (χ1) is 13.6. The quantitative estimate of drug-likeness (QED) is 0.814. The van der Waals surface area contributed by atoms with Crippen LogP contribution in [0.5, 0.6) is 0 Å². The van der Waals surface area contributed by atoms with Crippen LogP contribution in [0.4, 0.5) is 10.2 Å². The van der Waals surface area contributed by atoms with Crippen molar-refractivity contribution in [3.8, 4) is 6.07 Å². The maximum Gasteiger partial charge on any atom is 0.253 e. The van der Waals surface area contributed by atoms with E-state index in [4.69, 9.17) is 0 Å². The second kappa shape index (κ2) is 8.79. The Bertz CT molecular complexity index is 891. The Morgan fingerprint density at radius 1 is 1.11 bits per heavy atom. The molecule has 1 aliphatic rings. The first-order valence-corrected chi connectivity index (χ1v) is 9.67. The van der Waals surface area contributed by atoms with Crippen molar-refractivity contribution in [3.63, 3.8) is 0 Å². The summed E-state index contributed by atoms with van der Waals surface area (Å²) >= 11 is 0. The van der Waals surface area contributed by atoms with Gasteiger partial charge in [0, 0.05) is 31.7 Å². The summed E-state index contributed by atoms with van der Waals surface area (Å²) in [5.41, 5.74) is 2.89. The largest absolute Gasteiger partial charge is 0.352 e. The lowest BCUT2D eigenvalue weighted by Gasteiger charge is -2.24. The van der Waals surface area contributed by atoms with Crippen molar-refractivity contribution in [1.82, 2.24) is 15.1 Å². The first kappa shape index (κ1) is 19.7. The fourth-order valence-corrected chi connectivity index (χ4v) is 3.61. The maximum absolute atomic E-state index is 13.1. The molecule has 1 aromatic heterocycles. The summed E-state index contributed by atoms with van der Waals surface area (Å²) < 4.78 is 13.1. The highest BCUT2D eigenvalue weighted by Gasteiger charge is 2.24. The van der Waals surface area contributed by atoms with Crippen molar-refractivity contribution in [2.24, 2.45) is 0 Å². The Hall–Kier alpha value is -3.01. The van der Waals surface area contributed by atoms with Gasteiger partial charge < -0.3 is 9.80 Å². The molecule has 1 aromatic carbocycles. The molecule has 7 heteroatoms. The molecule has 1 saturated heterocycles. The Morgan fingerprint density at radius 2 is 1.86 bits per heavy atom. The molecule has 0 aliphatic carbocycles. The van der Waals surface area contributed by atoms with Crippen LogP contribution in [0.3, 0.4) is 0 Å². The number of carbonyl (C=O) groups is 1. The van der Waals surface area contributed by atoms with Crippen LogP contribution < -0.4 is 4.90 Å². The van der Waals surface area contributed by atoms with Gasteiger partial charge in [0.15, 0.2) is 5.82 Å². The SMILES string of the molecule is CCc1nnc(N2CCCN(C(=O)c3ccc(F)cc3)CC2)c(C#N)c1CC. The van der Waals surface area contributed by atoms with E-state index in [1.54, 1.807) is 4.90 Å².